The van der Waals surface area contributed by atoms with Crippen molar-refractivity contribution in [3.63, 3.8) is 0 Å². The fraction of sp³-hybridized carbons (Fsp3) is 0.138. The van der Waals surface area contributed by atoms with Gasteiger partial charge in [0.25, 0.3) is 0 Å². The predicted molar refractivity (Wildman–Crippen MR) is 144 cm³/mol. The molecular weight excluding hydrogens is 464 g/mol. The van der Waals surface area contributed by atoms with Gasteiger partial charge in [-0.2, -0.15) is 0 Å². The number of benzene rings is 3. The summed E-state index contributed by atoms with van der Waals surface area (Å²) in [5.41, 5.74) is 5.40. The van der Waals surface area contributed by atoms with Crippen molar-refractivity contribution in [3.8, 4) is 5.75 Å². The highest BCUT2D eigenvalue weighted by atomic mass is 16.5. The molecule has 0 atom stereocenters. The number of nitrogens with one attached hydrogen (secondary N) is 1. The molecule has 5 rings (SSSR count). The van der Waals surface area contributed by atoms with Crippen molar-refractivity contribution >= 4 is 34.3 Å². The fourth-order valence-corrected chi connectivity index (χ4v) is 3.76. The highest BCUT2D eigenvalue weighted by Gasteiger charge is 2.07. The van der Waals surface area contributed by atoms with Gasteiger partial charge in [-0.15, -0.1) is 5.10 Å². The molecular formula is C29H26N6O2. The van der Waals surface area contributed by atoms with Crippen LogP contribution in [0.3, 0.4) is 0 Å². The molecule has 37 heavy (non-hydrogen) atoms. The zero-order valence-electron chi connectivity index (χ0n) is 20.4. The first-order valence-corrected chi connectivity index (χ1v) is 11.9. The van der Waals surface area contributed by atoms with E-state index in [2.05, 4.69) is 25.6 Å². The summed E-state index contributed by atoms with van der Waals surface area (Å²) in [5.74, 6) is 0.716. The number of anilines is 1. The van der Waals surface area contributed by atoms with Gasteiger partial charge in [0.1, 0.15) is 24.6 Å². The lowest BCUT2D eigenvalue weighted by atomic mass is 10.2. The smallest absolute Gasteiger partial charge is 0.173 e. The minimum Gasteiger partial charge on any atom is -0.487 e. The predicted octanol–water partition coefficient (Wildman–Crippen LogP) is 5.15. The van der Waals surface area contributed by atoms with Crippen LogP contribution in [0.15, 0.2) is 96.2 Å². The first kappa shape index (κ1) is 23.9. The maximum atomic E-state index is 12.3. The van der Waals surface area contributed by atoms with Gasteiger partial charge in [0.15, 0.2) is 5.78 Å². The molecule has 0 bridgehead atoms. The molecule has 8 nitrogen and oxygen atoms in total. The van der Waals surface area contributed by atoms with Gasteiger partial charge in [-0.25, -0.2) is 4.68 Å². The second kappa shape index (κ2) is 11.3. The van der Waals surface area contributed by atoms with E-state index in [0.717, 1.165) is 33.4 Å². The third-order valence-corrected chi connectivity index (χ3v) is 5.64. The Morgan fingerprint density at radius 3 is 2.78 bits per heavy atom. The summed E-state index contributed by atoms with van der Waals surface area (Å²) in [6.45, 7) is 2.64. The van der Waals surface area contributed by atoms with Crippen LogP contribution in [0.1, 0.15) is 16.8 Å². The van der Waals surface area contributed by atoms with Crippen LogP contribution in [0.4, 0.5) is 11.4 Å². The molecule has 0 amide bonds. The minimum atomic E-state index is 0.00981. The third kappa shape index (κ3) is 6.64. The summed E-state index contributed by atoms with van der Waals surface area (Å²) in [5, 5.41) is 12.3. The number of pyridine rings is 1. The van der Waals surface area contributed by atoms with Crippen molar-refractivity contribution in [2.75, 3.05) is 11.9 Å². The lowest BCUT2D eigenvalue weighted by Gasteiger charge is -2.06. The number of ketones is 1. The van der Waals surface area contributed by atoms with Crippen LogP contribution in [-0.4, -0.2) is 38.5 Å². The van der Waals surface area contributed by atoms with Crippen LogP contribution in [-0.2, 0) is 17.9 Å². The van der Waals surface area contributed by atoms with Gasteiger partial charge in [-0.05, 0) is 66.6 Å². The van der Waals surface area contributed by atoms with Gasteiger partial charge >= 0.3 is 0 Å². The van der Waals surface area contributed by atoms with E-state index in [1.807, 2.05) is 85.8 Å². The summed E-state index contributed by atoms with van der Waals surface area (Å²) < 4.78 is 7.35. The molecule has 1 N–H and O–H groups in total. The number of fused-ring (bicyclic) bond motifs is 1. The highest BCUT2D eigenvalue weighted by Crippen LogP contribution is 2.19. The van der Waals surface area contributed by atoms with Gasteiger partial charge in [0.2, 0.25) is 0 Å². The number of hydrogen-bond donors (Lipinski definition) is 1. The normalized spacial score (nSPS) is 11.2. The molecule has 0 saturated heterocycles. The number of Topliss-reactive ketones (excluding diaryl/α,β-unsaturated/α-hetero) is 1. The minimum absolute atomic E-state index is 0.00981. The third-order valence-electron chi connectivity index (χ3n) is 5.64. The number of nitrogens with zero attached hydrogens (tertiary/aromatic N) is 5. The van der Waals surface area contributed by atoms with E-state index >= 15 is 0 Å². The highest BCUT2D eigenvalue weighted by molar-refractivity contribution is 5.85. The number of rotatable bonds is 10. The van der Waals surface area contributed by atoms with Crippen LogP contribution in [0.5, 0.6) is 5.75 Å². The number of ether oxygens (including phenoxy) is 1. The van der Waals surface area contributed by atoms with Crippen LogP contribution in [0, 0.1) is 6.92 Å². The molecule has 2 aromatic heterocycles. The molecule has 0 spiro atoms. The van der Waals surface area contributed by atoms with Gasteiger partial charge in [0, 0.05) is 17.3 Å². The zero-order valence-corrected chi connectivity index (χ0v) is 20.4. The lowest BCUT2D eigenvalue weighted by molar-refractivity contribution is -0.118. The Hall–Kier alpha value is -4.85. The Labute approximate surface area is 214 Å². The molecule has 5 aromatic rings. The Morgan fingerprint density at radius 2 is 1.92 bits per heavy atom. The van der Waals surface area contributed by atoms with Gasteiger partial charge < -0.3 is 10.1 Å². The number of aryl methyl sites for hydroxylation is 1. The molecule has 0 aliphatic carbocycles. The Balaban J connectivity index is 1.09. The molecule has 3 aromatic carbocycles. The number of aromatic nitrogens is 4. The molecule has 184 valence electrons. The first-order chi connectivity index (χ1) is 18.1. The molecule has 8 heteroatoms. The van der Waals surface area contributed by atoms with Crippen molar-refractivity contribution < 1.29 is 9.53 Å². The van der Waals surface area contributed by atoms with E-state index in [1.165, 1.54) is 4.68 Å². The van der Waals surface area contributed by atoms with Crippen LogP contribution in [0.2, 0.25) is 0 Å². The zero-order chi connectivity index (χ0) is 25.5. The second-order valence-electron chi connectivity index (χ2n) is 8.67. The van der Waals surface area contributed by atoms with Gasteiger partial charge in [-0.1, -0.05) is 35.5 Å². The van der Waals surface area contributed by atoms with E-state index in [9.17, 15) is 4.79 Å². The average Bonchev–Trinajstić information content (AvgIpc) is 3.37. The van der Waals surface area contributed by atoms with Gasteiger partial charge in [0.05, 0.1) is 30.1 Å². The number of aliphatic imine (C=N–C) groups is 1. The van der Waals surface area contributed by atoms with E-state index < -0.39 is 0 Å². The monoisotopic (exact) mass is 490 g/mol. The van der Waals surface area contributed by atoms with E-state index in [4.69, 9.17) is 4.74 Å². The van der Waals surface area contributed by atoms with Crippen molar-refractivity contribution in [1.29, 1.82) is 0 Å². The molecule has 0 fully saturated rings. The largest absolute Gasteiger partial charge is 0.487 e. The summed E-state index contributed by atoms with van der Waals surface area (Å²) >= 11 is 0. The molecule has 0 saturated carbocycles. The Morgan fingerprint density at radius 1 is 1.05 bits per heavy atom. The molecule has 2 heterocycles. The number of carbonyl (C=O) groups excluding carboxylic acids is 1. The quantitative estimate of drug-likeness (QED) is 0.272. The summed E-state index contributed by atoms with van der Waals surface area (Å²) in [4.78, 5) is 21.3. The molecule has 0 unspecified atom stereocenters. The summed E-state index contributed by atoms with van der Waals surface area (Å²) in [6.07, 6.45) is 5.28. The first-order valence-electron chi connectivity index (χ1n) is 11.9. The van der Waals surface area contributed by atoms with Crippen LogP contribution >= 0.6 is 0 Å². The number of hydrogen-bond acceptors (Lipinski definition) is 7. The Kier molecular flexibility index (Phi) is 7.26. The number of carbonyl (C=O) groups is 1. The van der Waals surface area contributed by atoms with Crippen molar-refractivity contribution in [3.05, 3.63) is 108 Å². The Bertz CT molecular complexity index is 1540. The topological polar surface area (TPSA) is 94.3 Å². The van der Waals surface area contributed by atoms with Crippen molar-refractivity contribution in [1.82, 2.24) is 20.0 Å². The summed E-state index contributed by atoms with van der Waals surface area (Å²) in [6, 6.07) is 25.5. The van der Waals surface area contributed by atoms with Crippen LogP contribution < -0.4 is 10.1 Å². The summed E-state index contributed by atoms with van der Waals surface area (Å²) in [7, 11) is 0. The standard InChI is InChI=1S/C29H26N6O2/c1-21-5-4-7-24(13-21)31-17-27(36)19-35-18-26(33-34-35)20-37-28-11-9-22(10-12-28)15-30-25-14-23-6-2-3-8-29(23)32-16-25/h2-16,18,31H,17,19-20H2,1H3. The SMILES string of the molecule is Cc1cccc(NCC(=O)Cn2cc(COc3ccc(C=Nc4cnc5ccccc5c4)cc3)nn2)c1. The van der Waals surface area contributed by atoms with E-state index in [1.54, 1.807) is 18.6 Å². The average molecular weight is 491 g/mol. The number of para-hydroxylation sites is 1. The molecule has 0 aliphatic rings. The fourth-order valence-electron chi connectivity index (χ4n) is 3.76. The lowest BCUT2D eigenvalue weighted by Crippen LogP contribution is -2.19. The molecule has 0 aliphatic heterocycles. The van der Waals surface area contributed by atoms with Gasteiger partial charge in [-0.3, -0.25) is 14.8 Å². The van der Waals surface area contributed by atoms with E-state index in [0.29, 0.717) is 11.4 Å². The maximum absolute atomic E-state index is 12.3. The van der Waals surface area contributed by atoms with Crippen molar-refractivity contribution in [2.45, 2.75) is 20.1 Å². The second-order valence-corrected chi connectivity index (χ2v) is 8.67. The van der Waals surface area contributed by atoms with E-state index in [-0.39, 0.29) is 25.5 Å². The van der Waals surface area contributed by atoms with Crippen molar-refractivity contribution in [2.24, 2.45) is 4.99 Å². The van der Waals surface area contributed by atoms with Crippen LogP contribution in [0.25, 0.3) is 10.9 Å². The molecule has 0 radical (unpaired) electrons. The maximum Gasteiger partial charge on any atom is 0.173 e.